The topological polar surface area (TPSA) is 73.0 Å². The molecule has 5 aromatic rings. The molecule has 2 aromatic heterocycles. The zero-order valence-corrected chi connectivity index (χ0v) is 24.8. The van der Waals surface area contributed by atoms with E-state index in [0.717, 1.165) is 36.1 Å². The Hall–Kier alpha value is -4.46. The van der Waals surface area contributed by atoms with Crippen LogP contribution in [0.4, 0.5) is 15.1 Å². The van der Waals surface area contributed by atoms with Gasteiger partial charge in [0.05, 0.1) is 35.7 Å². The van der Waals surface area contributed by atoms with Gasteiger partial charge in [-0.05, 0) is 78.2 Å². The molecule has 0 N–H and O–H groups in total. The molecule has 3 heterocycles. The van der Waals surface area contributed by atoms with E-state index < -0.39 is 15.8 Å². The molecule has 0 atom stereocenters. The van der Waals surface area contributed by atoms with Crippen LogP contribution >= 0.6 is 11.3 Å². The van der Waals surface area contributed by atoms with Gasteiger partial charge in [0.2, 0.25) is 5.00 Å². The molecule has 0 bridgehead atoms. The van der Waals surface area contributed by atoms with Gasteiger partial charge in [-0.15, -0.1) is 0 Å². The number of thiophene rings is 1. The number of benzene rings is 3. The van der Waals surface area contributed by atoms with Crippen molar-refractivity contribution in [3.63, 3.8) is 0 Å². The molecule has 10 heteroatoms. The minimum absolute atomic E-state index is 0.165. The summed E-state index contributed by atoms with van der Waals surface area (Å²) in [6.45, 7) is 8.76. The standard InChI is InChI=1S/C33H26FN3O4S2/c1-35-32-27(13-14-42-32)30-28-17-24(34)10-12-29(28)37(43(39,40)26-11-9-20-5-3-6-21(20)16-26)31(30)22-7-4-8-25(15-22)36-18-23(19-36)33(38)41-2/h4,7-17,23H,3,5-6,18-19H2,2H3. The van der Waals surface area contributed by atoms with Crippen LogP contribution in [0, 0.1) is 18.3 Å². The van der Waals surface area contributed by atoms with Crippen LogP contribution in [0.1, 0.15) is 17.5 Å². The maximum absolute atomic E-state index is 14.8. The van der Waals surface area contributed by atoms with Crippen molar-refractivity contribution in [3.05, 3.63) is 100 Å². The minimum atomic E-state index is -4.17. The fourth-order valence-corrected chi connectivity index (χ4v) is 8.55. The van der Waals surface area contributed by atoms with Crippen LogP contribution in [-0.2, 0) is 32.4 Å². The molecule has 1 aliphatic carbocycles. The van der Waals surface area contributed by atoms with Gasteiger partial charge in [0.15, 0.2) is 0 Å². The second-order valence-corrected chi connectivity index (χ2v) is 13.5. The van der Waals surface area contributed by atoms with E-state index in [9.17, 15) is 17.6 Å². The summed E-state index contributed by atoms with van der Waals surface area (Å²) in [7, 11) is -2.80. The number of anilines is 1. The van der Waals surface area contributed by atoms with Crippen molar-refractivity contribution in [2.75, 3.05) is 25.1 Å². The summed E-state index contributed by atoms with van der Waals surface area (Å²) in [5.74, 6) is -0.998. The van der Waals surface area contributed by atoms with E-state index in [0.29, 0.717) is 51.4 Å². The van der Waals surface area contributed by atoms with Crippen LogP contribution in [-0.4, -0.2) is 38.6 Å². The number of carbonyl (C=O) groups is 1. The SMILES string of the molecule is [C-]#[N+]c1sccc1-c1c(-c2cccc(N3CC(C(=O)OC)C3)c2)n(S(=O)(=O)c2ccc3c(c2)CCC3)c2ccc(F)cc12. The number of hydrogen-bond acceptors (Lipinski definition) is 6. The Morgan fingerprint density at radius 1 is 1.05 bits per heavy atom. The summed E-state index contributed by atoms with van der Waals surface area (Å²) in [6, 6.07) is 18.6. The average Bonchev–Trinajstić information content (AvgIpc) is 3.72. The van der Waals surface area contributed by atoms with Gasteiger partial charge in [-0.25, -0.2) is 21.6 Å². The molecule has 0 radical (unpaired) electrons. The lowest BCUT2D eigenvalue weighted by Gasteiger charge is -2.39. The van der Waals surface area contributed by atoms with E-state index in [2.05, 4.69) is 4.85 Å². The maximum Gasteiger partial charge on any atom is 0.312 e. The molecule has 0 saturated carbocycles. The number of halogens is 1. The summed E-state index contributed by atoms with van der Waals surface area (Å²) in [5, 5.41) is 2.58. The first-order chi connectivity index (χ1) is 20.8. The third kappa shape index (κ3) is 4.42. The predicted octanol–water partition coefficient (Wildman–Crippen LogP) is 7.06. The second-order valence-electron chi connectivity index (χ2n) is 10.9. The zero-order valence-electron chi connectivity index (χ0n) is 23.2. The number of methoxy groups -OCH3 is 1. The summed E-state index contributed by atoms with van der Waals surface area (Å²) in [6.07, 6.45) is 2.73. The molecule has 1 saturated heterocycles. The highest BCUT2D eigenvalue weighted by Gasteiger charge is 2.35. The van der Waals surface area contributed by atoms with E-state index in [4.69, 9.17) is 11.3 Å². The highest BCUT2D eigenvalue weighted by atomic mass is 32.2. The van der Waals surface area contributed by atoms with Gasteiger partial charge in [-0.1, -0.05) is 24.3 Å². The van der Waals surface area contributed by atoms with Gasteiger partial charge in [0, 0.05) is 40.9 Å². The number of carbonyl (C=O) groups excluding carboxylic acids is 1. The Balaban J connectivity index is 1.50. The van der Waals surface area contributed by atoms with Gasteiger partial charge in [0.25, 0.3) is 10.0 Å². The quantitative estimate of drug-likeness (QED) is 0.152. The molecular formula is C33H26FN3O4S2. The first kappa shape index (κ1) is 27.4. The van der Waals surface area contributed by atoms with Gasteiger partial charge in [-0.3, -0.25) is 4.79 Å². The van der Waals surface area contributed by atoms with Crippen molar-refractivity contribution in [2.24, 2.45) is 5.92 Å². The van der Waals surface area contributed by atoms with Crippen LogP contribution < -0.4 is 4.90 Å². The van der Waals surface area contributed by atoms with Crippen molar-refractivity contribution in [2.45, 2.75) is 24.2 Å². The van der Waals surface area contributed by atoms with Crippen LogP contribution in [0.25, 0.3) is 38.1 Å². The minimum Gasteiger partial charge on any atom is -0.469 e. The summed E-state index contributed by atoms with van der Waals surface area (Å²) in [5.41, 5.74) is 5.32. The molecule has 0 spiro atoms. The number of fused-ring (bicyclic) bond motifs is 2. The largest absolute Gasteiger partial charge is 0.469 e. The van der Waals surface area contributed by atoms with Gasteiger partial charge >= 0.3 is 5.97 Å². The molecular weight excluding hydrogens is 586 g/mol. The normalized spacial score (nSPS) is 14.9. The molecule has 1 fully saturated rings. The molecule has 3 aromatic carbocycles. The van der Waals surface area contributed by atoms with Crippen LogP contribution in [0.2, 0.25) is 0 Å². The predicted molar refractivity (Wildman–Crippen MR) is 166 cm³/mol. The van der Waals surface area contributed by atoms with Crippen LogP contribution in [0.15, 0.2) is 77.0 Å². The molecule has 2 aliphatic rings. The van der Waals surface area contributed by atoms with E-state index in [-0.39, 0.29) is 16.8 Å². The Kier molecular flexibility index (Phi) is 6.60. The Bertz CT molecular complexity index is 2080. The summed E-state index contributed by atoms with van der Waals surface area (Å²) >= 11 is 1.25. The average molecular weight is 612 g/mol. The highest BCUT2D eigenvalue weighted by Crippen LogP contribution is 2.48. The number of ether oxygens (including phenoxy) is 1. The number of aromatic nitrogens is 1. The Labute approximate surface area is 252 Å². The number of nitrogens with zero attached hydrogens (tertiary/aromatic N) is 3. The lowest BCUT2D eigenvalue weighted by Crippen LogP contribution is -2.50. The van der Waals surface area contributed by atoms with E-state index in [1.54, 1.807) is 23.6 Å². The second kappa shape index (κ2) is 10.4. The van der Waals surface area contributed by atoms with Gasteiger partial charge in [0.1, 0.15) is 5.82 Å². The first-order valence-electron chi connectivity index (χ1n) is 13.9. The summed E-state index contributed by atoms with van der Waals surface area (Å²) in [4.78, 5) is 17.9. The third-order valence-electron chi connectivity index (χ3n) is 8.41. The summed E-state index contributed by atoms with van der Waals surface area (Å²) < 4.78 is 50.3. The van der Waals surface area contributed by atoms with E-state index in [1.165, 1.54) is 40.6 Å². The Morgan fingerprint density at radius 2 is 1.86 bits per heavy atom. The molecule has 216 valence electrons. The Morgan fingerprint density at radius 3 is 2.65 bits per heavy atom. The lowest BCUT2D eigenvalue weighted by atomic mass is 9.97. The van der Waals surface area contributed by atoms with E-state index >= 15 is 0 Å². The monoisotopic (exact) mass is 611 g/mol. The fourth-order valence-electron chi connectivity index (χ4n) is 6.27. The number of esters is 1. The van der Waals surface area contributed by atoms with Crippen LogP contribution in [0.3, 0.4) is 0 Å². The van der Waals surface area contributed by atoms with E-state index in [1.807, 2.05) is 35.2 Å². The molecule has 0 amide bonds. The fraction of sp³-hybridized carbons (Fsp3) is 0.212. The van der Waals surface area contributed by atoms with Gasteiger partial charge in [-0.2, -0.15) is 11.3 Å². The molecule has 43 heavy (non-hydrogen) atoms. The van der Waals surface area contributed by atoms with Crippen molar-refractivity contribution in [1.29, 1.82) is 0 Å². The number of hydrogen-bond donors (Lipinski definition) is 0. The lowest BCUT2D eigenvalue weighted by molar-refractivity contribution is -0.146. The third-order valence-corrected chi connectivity index (χ3v) is 10.9. The highest BCUT2D eigenvalue weighted by molar-refractivity contribution is 7.90. The van der Waals surface area contributed by atoms with Crippen LogP contribution in [0.5, 0.6) is 0 Å². The molecule has 1 aliphatic heterocycles. The first-order valence-corrected chi connectivity index (χ1v) is 16.2. The number of rotatable bonds is 6. The molecule has 7 nitrogen and oxygen atoms in total. The van der Waals surface area contributed by atoms with Gasteiger partial charge < -0.3 is 9.64 Å². The molecule has 0 unspecified atom stereocenters. The zero-order chi connectivity index (χ0) is 29.9. The van der Waals surface area contributed by atoms with Crippen molar-refractivity contribution in [3.8, 4) is 22.4 Å². The maximum atomic E-state index is 14.8. The smallest absolute Gasteiger partial charge is 0.312 e. The number of aryl methyl sites for hydroxylation is 2. The van der Waals surface area contributed by atoms with Crippen molar-refractivity contribution < 1.29 is 22.3 Å². The van der Waals surface area contributed by atoms with Crippen molar-refractivity contribution >= 4 is 48.9 Å². The molecule has 7 rings (SSSR count). The van der Waals surface area contributed by atoms with Crippen molar-refractivity contribution in [1.82, 2.24) is 3.97 Å².